The Bertz CT molecular complexity index is 821. The monoisotopic (exact) mass is 331 g/mol. The molecule has 0 saturated heterocycles. The lowest BCUT2D eigenvalue weighted by atomic mass is 10.1. The number of anilines is 1. The summed E-state index contributed by atoms with van der Waals surface area (Å²) in [6.45, 7) is 0.655. The fourth-order valence-electron chi connectivity index (χ4n) is 2.48. The van der Waals surface area contributed by atoms with Crippen molar-refractivity contribution >= 4 is 11.6 Å². The number of likely N-dealkylation sites (N-methyl/N-ethyl adjacent to an activating group) is 1. The molecule has 0 bridgehead atoms. The summed E-state index contributed by atoms with van der Waals surface area (Å²) in [5.41, 5.74) is 1.36. The predicted molar refractivity (Wildman–Crippen MR) is 86.1 cm³/mol. The smallest absolute Gasteiger partial charge is 0.254 e. The fraction of sp³-hybridized carbons (Fsp3) is 0.312. The van der Waals surface area contributed by atoms with Crippen LogP contribution in [0.2, 0.25) is 0 Å². The summed E-state index contributed by atoms with van der Waals surface area (Å²) < 4.78 is 19.7. The number of ether oxygens (including phenoxy) is 1. The number of aliphatic hydroxyl groups excluding tert-OH is 1. The van der Waals surface area contributed by atoms with Crippen LogP contribution in [0, 0.1) is 5.82 Å². The van der Waals surface area contributed by atoms with Crippen molar-refractivity contribution in [3.8, 4) is 0 Å². The number of aliphatic hydroxyl groups is 1. The molecule has 0 fully saturated rings. The number of halogens is 1. The summed E-state index contributed by atoms with van der Waals surface area (Å²) in [6, 6.07) is 7.64. The lowest BCUT2D eigenvalue weighted by molar-refractivity contribution is 0.181. The second kappa shape index (κ2) is 6.90. The van der Waals surface area contributed by atoms with Crippen LogP contribution in [0.1, 0.15) is 17.4 Å². The van der Waals surface area contributed by atoms with Gasteiger partial charge < -0.3 is 14.7 Å². The van der Waals surface area contributed by atoms with Gasteiger partial charge in [0.2, 0.25) is 0 Å². The van der Waals surface area contributed by atoms with Crippen LogP contribution in [0.5, 0.6) is 0 Å². The van der Waals surface area contributed by atoms with Gasteiger partial charge in [0.1, 0.15) is 18.0 Å². The molecule has 7 nitrogen and oxygen atoms in total. The van der Waals surface area contributed by atoms with Crippen LogP contribution in [0.15, 0.2) is 36.7 Å². The highest BCUT2D eigenvalue weighted by atomic mass is 19.1. The Morgan fingerprint density at radius 1 is 1.33 bits per heavy atom. The summed E-state index contributed by atoms with van der Waals surface area (Å²) in [4.78, 5) is 10.3. The molecular weight excluding hydrogens is 313 g/mol. The van der Waals surface area contributed by atoms with Crippen molar-refractivity contribution in [1.82, 2.24) is 19.6 Å². The summed E-state index contributed by atoms with van der Waals surface area (Å²) >= 11 is 0. The first-order valence-electron chi connectivity index (χ1n) is 7.41. The Kier molecular flexibility index (Phi) is 4.68. The fourth-order valence-corrected chi connectivity index (χ4v) is 2.48. The molecule has 1 N–H and O–H groups in total. The SMILES string of the molecule is COCc1cc(N(C)CC(O)c2ccc(F)cc2)n2ncnc2n1. The normalized spacial score (nSPS) is 12.5. The third-order valence-corrected chi connectivity index (χ3v) is 3.67. The maximum absolute atomic E-state index is 13.0. The molecule has 0 aliphatic carbocycles. The number of nitrogens with zero attached hydrogens (tertiary/aromatic N) is 5. The number of hydrogen-bond donors (Lipinski definition) is 1. The maximum atomic E-state index is 13.0. The first kappa shape index (κ1) is 16.3. The van der Waals surface area contributed by atoms with Crippen LogP contribution < -0.4 is 4.90 Å². The lowest BCUT2D eigenvalue weighted by Crippen LogP contribution is -2.26. The quantitative estimate of drug-likeness (QED) is 0.739. The first-order valence-corrected chi connectivity index (χ1v) is 7.41. The van der Waals surface area contributed by atoms with Crippen LogP contribution in [-0.2, 0) is 11.3 Å². The van der Waals surface area contributed by atoms with E-state index < -0.39 is 6.10 Å². The summed E-state index contributed by atoms with van der Waals surface area (Å²) in [5.74, 6) is 0.857. The van der Waals surface area contributed by atoms with Crippen molar-refractivity contribution in [2.24, 2.45) is 0 Å². The van der Waals surface area contributed by atoms with Gasteiger partial charge in [-0.3, -0.25) is 0 Å². The Balaban J connectivity index is 1.86. The topological polar surface area (TPSA) is 75.8 Å². The maximum Gasteiger partial charge on any atom is 0.254 e. The van der Waals surface area contributed by atoms with E-state index in [9.17, 15) is 9.50 Å². The van der Waals surface area contributed by atoms with Gasteiger partial charge in [-0.15, -0.1) is 0 Å². The minimum atomic E-state index is -0.770. The Morgan fingerprint density at radius 3 is 2.79 bits per heavy atom. The molecule has 2 heterocycles. The summed E-state index contributed by atoms with van der Waals surface area (Å²) in [6.07, 6.45) is 0.653. The number of fused-ring (bicyclic) bond motifs is 1. The zero-order valence-corrected chi connectivity index (χ0v) is 13.4. The molecular formula is C16H18FN5O2. The first-order chi connectivity index (χ1) is 11.6. The average molecular weight is 331 g/mol. The van der Waals surface area contributed by atoms with Gasteiger partial charge in [0, 0.05) is 26.8 Å². The van der Waals surface area contributed by atoms with E-state index in [0.717, 1.165) is 11.5 Å². The molecule has 3 aromatic rings. The van der Waals surface area contributed by atoms with E-state index in [1.54, 1.807) is 23.8 Å². The predicted octanol–water partition coefficient (Wildman–Crippen LogP) is 1.58. The lowest BCUT2D eigenvalue weighted by Gasteiger charge is -2.23. The molecule has 0 amide bonds. The van der Waals surface area contributed by atoms with Gasteiger partial charge in [0.15, 0.2) is 0 Å². The zero-order valence-electron chi connectivity index (χ0n) is 13.4. The molecule has 1 atom stereocenters. The van der Waals surface area contributed by atoms with Crippen LogP contribution >= 0.6 is 0 Å². The van der Waals surface area contributed by atoms with Crippen LogP contribution in [0.4, 0.5) is 10.2 Å². The van der Waals surface area contributed by atoms with E-state index in [1.807, 2.05) is 18.0 Å². The highest BCUT2D eigenvalue weighted by molar-refractivity contribution is 5.47. The van der Waals surface area contributed by atoms with Crippen molar-refractivity contribution in [2.75, 3.05) is 25.6 Å². The molecule has 0 aliphatic rings. The largest absolute Gasteiger partial charge is 0.387 e. The van der Waals surface area contributed by atoms with Crippen molar-refractivity contribution in [3.05, 3.63) is 53.7 Å². The molecule has 0 saturated carbocycles. The molecule has 0 spiro atoms. The van der Waals surface area contributed by atoms with Crippen LogP contribution in [0.25, 0.3) is 5.78 Å². The van der Waals surface area contributed by atoms with Crippen LogP contribution in [-0.4, -0.2) is 45.4 Å². The van der Waals surface area contributed by atoms with E-state index in [-0.39, 0.29) is 5.82 Å². The van der Waals surface area contributed by atoms with Crippen LogP contribution in [0.3, 0.4) is 0 Å². The molecule has 3 rings (SSSR count). The number of hydrogen-bond acceptors (Lipinski definition) is 6. The number of aromatic nitrogens is 4. The number of methoxy groups -OCH3 is 1. The van der Waals surface area contributed by atoms with Crippen molar-refractivity contribution in [2.45, 2.75) is 12.7 Å². The van der Waals surface area contributed by atoms with Crippen molar-refractivity contribution < 1.29 is 14.2 Å². The van der Waals surface area contributed by atoms with Crippen molar-refractivity contribution in [3.63, 3.8) is 0 Å². The Labute approximate surface area is 138 Å². The molecule has 24 heavy (non-hydrogen) atoms. The standard InChI is InChI=1S/C16H18FN5O2/c1-21(8-14(23)11-3-5-12(17)6-4-11)15-7-13(9-24-2)20-16-18-10-19-22(15)16/h3-7,10,14,23H,8-9H2,1-2H3. The highest BCUT2D eigenvalue weighted by Crippen LogP contribution is 2.20. The molecule has 126 valence electrons. The number of benzene rings is 1. The van der Waals surface area contributed by atoms with Gasteiger partial charge in [-0.05, 0) is 17.7 Å². The Hall–Kier alpha value is -2.58. The minimum absolute atomic E-state index is 0.303. The van der Waals surface area contributed by atoms with E-state index in [4.69, 9.17) is 4.74 Å². The van der Waals surface area contributed by atoms with Gasteiger partial charge in [-0.1, -0.05) is 12.1 Å². The molecule has 2 aromatic heterocycles. The molecule has 8 heteroatoms. The molecule has 0 radical (unpaired) electrons. The Morgan fingerprint density at radius 2 is 2.08 bits per heavy atom. The van der Waals surface area contributed by atoms with E-state index >= 15 is 0 Å². The third kappa shape index (κ3) is 3.34. The molecule has 1 aromatic carbocycles. The van der Waals surface area contributed by atoms with Gasteiger partial charge >= 0.3 is 0 Å². The summed E-state index contributed by atoms with van der Waals surface area (Å²) in [7, 11) is 3.43. The van der Waals surface area contributed by atoms with Gasteiger partial charge in [-0.2, -0.15) is 14.6 Å². The molecule has 1 unspecified atom stereocenters. The van der Waals surface area contributed by atoms with E-state index in [2.05, 4.69) is 15.1 Å². The van der Waals surface area contributed by atoms with E-state index in [1.165, 1.54) is 18.5 Å². The highest BCUT2D eigenvalue weighted by Gasteiger charge is 2.16. The second-order valence-electron chi connectivity index (χ2n) is 5.46. The van der Waals surface area contributed by atoms with Gasteiger partial charge in [0.05, 0.1) is 18.4 Å². The third-order valence-electron chi connectivity index (χ3n) is 3.67. The minimum Gasteiger partial charge on any atom is -0.387 e. The second-order valence-corrected chi connectivity index (χ2v) is 5.46. The van der Waals surface area contributed by atoms with Crippen molar-refractivity contribution in [1.29, 1.82) is 0 Å². The zero-order chi connectivity index (χ0) is 17.1. The van der Waals surface area contributed by atoms with E-state index in [0.29, 0.717) is 24.5 Å². The average Bonchev–Trinajstić information content (AvgIpc) is 3.03. The summed E-state index contributed by atoms with van der Waals surface area (Å²) in [5, 5.41) is 14.6. The van der Waals surface area contributed by atoms with Gasteiger partial charge in [-0.25, -0.2) is 9.37 Å². The van der Waals surface area contributed by atoms with Gasteiger partial charge in [0.25, 0.3) is 5.78 Å². The number of rotatable bonds is 6. The molecule has 0 aliphatic heterocycles.